The zero-order valence-electron chi connectivity index (χ0n) is 12.1. The van der Waals surface area contributed by atoms with Crippen molar-refractivity contribution in [2.45, 2.75) is 33.4 Å². The van der Waals surface area contributed by atoms with Crippen LogP contribution >= 0.6 is 0 Å². The largest absolute Gasteiger partial charge is 0.375 e. The molecule has 0 amide bonds. The SMILES string of the molecule is CC(C)CNCc1cnc(N2CCOC(C)C2)nc1. The fraction of sp³-hybridized carbons (Fsp3) is 0.714. The fourth-order valence-corrected chi connectivity index (χ4v) is 2.11. The number of hydrogen-bond donors (Lipinski definition) is 1. The molecule has 0 aromatic carbocycles. The molecule has 106 valence electrons. The number of morpholine rings is 1. The lowest BCUT2D eigenvalue weighted by Crippen LogP contribution is -2.42. The Morgan fingerprint density at radius 1 is 1.42 bits per heavy atom. The zero-order valence-corrected chi connectivity index (χ0v) is 12.1. The summed E-state index contributed by atoms with van der Waals surface area (Å²) in [4.78, 5) is 11.1. The maximum absolute atomic E-state index is 5.52. The van der Waals surface area contributed by atoms with E-state index in [1.54, 1.807) is 0 Å². The summed E-state index contributed by atoms with van der Waals surface area (Å²) in [5.74, 6) is 1.47. The van der Waals surface area contributed by atoms with Gasteiger partial charge in [-0.3, -0.25) is 0 Å². The summed E-state index contributed by atoms with van der Waals surface area (Å²) in [6.07, 6.45) is 4.08. The lowest BCUT2D eigenvalue weighted by atomic mass is 10.2. The number of nitrogens with zero attached hydrogens (tertiary/aromatic N) is 3. The summed E-state index contributed by atoms with van der Waals surface area (Å²) >= 11 is 0. The van der Waals surface area contributed by atoms with Crippen molar-refractivity contribution in [1.29, 1.82) is 0 Å². The molecule has 1 atom stereocenters. The predicted molar refractivity (Wildman–Crippen MR) is 76.2 cm³/mol. The molecule has 5 heteroatoms. The van der Waals surface area contributed by atoms with Crippen molar-refractivity contribution in [3.05, 3.63) is 18.0 Å². The predicted octanol–water partition coefficient (Wildman–Crippen LogP) is 1.45. The van der Waals surface area contributed by atoms with Gasteiger partial charge in [0.05, 0.1) is 12.7 Å². The molecule has 0 saturated carbocycles. The van der Waals surface area contributed by atoms with Crippen LogP contribution in [0, 0.1) is 5.92 Å². The third-order valence-electron chi connectivity index (χ3n) is 3.10. The number of anilines is 1. The van der Waals surface area contributed by atoms with E-state index in [1.165, 1.54) is 0 Å². The van der Waals surface area contributed by atoms with E-state index in [0.717, 1.165) is 44.3 Å². The topological polar surface area (TPSA) is 50.3 Å². The third kappa shape index (κ3) is 4.44. The molecule has 1 aromatic heterocycles. The minimum Gasteiger partial charge on any atom is -0.375 e. The first-order chi connectivity index (χ1) is 9.15. The average Bonchev–Trinajstić information content (AvgIpc) is 2.39. The second-order valence-electron chi connectivity index (χ2n) is 5.54. The molecule has 0 spiro atoms. The molecule has 1 aliphatic heterocycles. The van der Waals surface area contributed by atoms with Crippen molar-refractivity contribution < 1.29 is 4.74 Å². The van der Waals surface area contributed by atoms with Crippen LogP contribution in [0.25, 0.3) is 0 Å². The van der Waals surface area contributed by atoms with E-state index in [0.29, 0.717) is 5.92 Å². The maximum atomic E-state index is 5.52. The van der Waals surface area contributed by atoms with Crippen LogP contribution in [0.5, 0.6) is 0 Å². The van der Waals surface area contributed by atoms with Crippen LogP contribution in [-0.2, 0) is 11.3 Å². The van der Waals surface area contributed by atoms with Gasteiger partial charge in [0, 0.05) is 37.6 Å². The van der Waals surface area contributed by atoms with E-state index >= 15 is 0 Å². The molecule has 1 aromatic rings. The van der Waals surface area contributed by atoms with Crippen molar-refractivity contribution in [3.8, 4) is 0 Å². The van der Waals surface area contributed by atoms with Gasteiger partial charge in [0.25, 0.3) is 0 Å². The van der Waals surface area contributed by atoms with E-state index in [2.05, 4.69) is 41.0 Å². The molecule has 1 unspecified atom stereocenters. The van der Waals surface area contributed by atoms with Crippen LogP contribution in [0.4, 0.5) is 5.95 Å². The first kappa shape index (κ1) is 14.2. The first-order valence-corrected chi connectivity index (χ1v) is 7.03. The van der Waals surface area contributed by atoms with Gasteiger partial charge in [-0.05, 0) is 19.4 Å². The summed E-state index contributed by atoms with van der Waals surface area (Å²) in [5, 5.41) is 3.39. The standard InChI is InChI=1S/C14H24N4O/c1-11(2)6-15-7-13-8-16-14(17-9-13)18-4-5-19-12(3)10-18/h8-9,11-12,15H,4-7,10H2,1-3H3. The Hall–Kier alpha value is -1.20. The number of hydrogen-bond acceptors (Lipinski definition) is 5. The number of nitrogens with one attached hydrogen (secondary N) is 1. The second kappa shape index (κ2) is 6.82. The quantitative estimate of drug-likeness (QED) is 0.872. The average molecular weight is 264 g/mol. The highest BCUT2D eigenvalue weighted by atomic mass is 16.5. The minimum absolute atomic E-state index is 0.254. The van der Waals surface area contributed by atoms with Gasteiger partial charge in [-0.2, -0.15) is 0 Å². The van der Waals surface area contributed by atoms with E-state index in [1.807, 2.05) is 12.4 Å². The lowest BCUT2D eigenvalue weighted by Gasteiger charge is -2.31. The van der Waals surface area contributed by atoms with Crippen LogP contribution in [0.1, 0.15) is 26.3 Å². The molecule has 2 heterocycles. The molecule has 1 fully saturated rings. The van der Waals surface area contributed by atoms with Gasteiger partial charge in [-0.15, -0.1) is 0 Å². The Balaban J connectivity index is 1.87. The van der Waals surface area contributed by atoms with Crippen molar-refractivity contribution >= 4 is 5.95 Å². The molecule has 5 nitrogen and oxygen atoms in total. The minimum atomic E-state index is 0.254. The Kier molecular flexibility index (Phi) is 5.10. The zero-order chi connectivity index (χ0) is 13.7. The highest BCUT2D eigenvalue weighted by molar-refractivity contribution is 5.30. The van der Waals surface area contributed by atoms with Gasteiger partial charge in [-0.25, -0.2) is 9.97 Å². The van der Waals surface area contributed by atoms with Gasteiger partial charge in [0.15, 0.2) is 0 Å². The van der Waals surface area contributed by atoms with Crippen molar-refractivity contribution in [2.75, 3.05) is 31.1 Å². The molecule has 1 N–H and O–H groups in total. The van der Waals surface area contributed by atoms with Crippen molar-refractivity contribution in [1.82, 2.24) is 15.3 Å². The summed E-state index contributed by atoms with van der Waals surface area (Å²) in [5.41, 5.74) is 1.13. The molecule has 1 saturated heterocycles. The monoisotopic (exact) mass is 264 g/mol. The van der Waals surface area contributed by atoms with E-state index < -0.39 is 0 Å². The Morgan fingerprint density at radius 2 is 2.16 bits per heavy atom. The van der Waals surface area contributed by atoms with Crippen LogP contribution in [0.2, 0.25) is 0 Å². The molecule has 19 heavy (non-hydrogen) atoms. The van der Waals surface area contributed by atoms with Crippen LogP contribution in [0.15, 0.2) is 12.4 Å². The van der Waals surface area contributed by atoms with Crippen molar-refractivity contribution in [3.63, 3.8) is 0 Å². The summed E-state index contributed by atoms with van der Waals surface area (Å²) in [6.45, 7) is 10.8. The lowest BCUT2D eigenvalue weighted by molar-refractivity contribution is 0.0526. The van der Waals surface area contributed by atoms with Gasteiger partial charge in [0.2, 0.25) is 5.95 Å². The van der Waals surface area contributed by atoms with E-state index in [4.69, 9.17) is 4.74 Å². The van der Waals surface area contributed by atoms with Crippen molar-refractivity contribution in [2.24, 2.45) is 5.92 Å². The van der Waals surface area contributed by atoms with E-state index in [-0.39, 0.29) is 6.10 Å². The molecule has 0 bridgehead atoms. The highest BCUT2D eigenvalue weighted by Crippen LogP contribution is 2.12. The Labute approximate surface area is 115 Å². The summed E-state index contributed by atoms with van der Waals surface area (Å²) in [6, 6.07) is 0. The summed E-state index contributed by atoms with van der Waals surface area (Å²) < 4.78 is 5.52. The van der Waals surface area contributed by atoms with Crippen LogP contribution < -0.4 is 10.2 Å². The number of rotatable bonds is 5. The molecule has 2 rings (SSSR count). The van der Waals surface area contributed by atoms with Gasteiger partial charge in [-0.1, -0.05) is 13.8 Å². The smallest absolute Gasteiger partial charge is 0.225 e. The number of ether oxygens (including phenoxy) is 1. The number of aromatic nitrogens is 2. The van der Waals surface area contributed by atoms with E-state index in [9.17, 15) is 0 Å². The molecule has 0 radical (unpaired) electrons. The molecular weight excluding hydrogens is 240 g/mol. The molecule has 0 aliphatic carbocycles. The second-order valence-corrected chi connectivity index (χ2v) is 5.54. The highest BCUT2D eigenvalue weighted by Gasteiger charge is 2.18. The molecular formula is C14H24N4O. The van der Waals surface area contributed by atoms with Gasteiger partial charge < -0.3 is 15.0 Å². The van der Waals surface area contributed by atoms with Crippen LogP contribution in [0.3, 0.4) is 0 Å². The maximum Gasteiger partial charge on any atom is 0.225 e. The normalized spacial score (nSPS) is 20.0. The summed E-state index contributed by atoms with van der Waals surface area (Å²) in [7, 11) is 0. The Bertz CT molecular complexity index is 380. The Morgan fingerprint density at radius 3 is 2.79 bits per heavy atom. The first-order valence-electron chi connectivity index (χ1n) is 7.03. The van der Waals surface area contributed by atoms with Crippen LogP contribution in [-0.4, -0.2) is 42.3 Å². The fourth-order valence-electron chi connectivity index (χ4n) is 2.11. The molecule has 1 aliphatic rings. The third-order valence-corrected chi connectivity index (χ3v) is 3.10. The van der Waals surface area contributed by atoms with Gasteiger partial charge in [0.1, 0.15) is 0 Å². The van der Waals surface area contributed by atoms with Gasteiger partial charge >= 0.3 is 0 Å².